The molecule has 0 aromatic heterocycles. The monoisotopic (exact) mass is 470 g/mol. The Labute approximate surface area is 184 Å². The Morgan fingerprint density at radius 2 is 1.77 bits per heavy atom. The second-order valence-corrected chi connectivity index (χ2v) is 7.85. The van der Waals surface area contributed by atoms with Gasteiger partial charge in [0.1, 0.15) is 6.61 Å². The topological polar surface area (TPSA) is 73.6 Å². The van der Waals surface area contributed by atoms with Gasteiger partial charge in [0.15, 0.2) is 11.5 Å². The van der Waals surface area contributed by atoms with Crippen LogP contribution in [0.2, 0.25) is 0 Å². The maximum absolute atomic E-state index is 10.8. The highest BCUT2D eigenvalue weighted by Gasteiger charge is 2.13. The van der Waals surface area contributed by atoms with Crippen molar-refractivity contribution in [3.63, 3.8) is 0 Å². The van der Waals surface area contributed by atoms with Crippen LogP contribution in [0.15, 0.2) is 59.1 Å². The quantitative estimate of drug-likeness (QED) is 0.314. The van der Waals surface area contributed by atoms with E-state index in [2.05, 4.69) is 53.3 Å². The highest BCUT2D eigenvalue weighted by molar-refractivity contribution is 9.10. The Balaban J connectivity index is 1.71. The predicted octanol–water partition coefficient (Wildman–Crippen LogP) is 6.17. The van der Waals surface area contributed by atoms with Crippen molar-refractivity contribution in [3.8, 4) is 11.5 Å². The SMILES string of the molecule is COc1cc(CNc2ccc(C)cc2C)cc(Br)c1OCc1ccc([N+](=O)[O-])cc1. The van der Waals surface area contributed by atoms with E-state index in [1.807, 2.05) is 12.1 Å². The zero-order chi connectivity index (χ0) is 21.7. The third kappa shape index (κ3) is 5.30. The molecule has 0 aliphatic heterocycles. The Kier molecular flexibility index (Phi) is 6.95. The number of nitro groups is 1. The van der Waals surface area contributed by atoms with Gasteiger partial charge in [-0.3, -0.25) is 10.1 Å². The van der Waals surface area contributed by atoms with Gasteiger partial charge >= 0.3 is 0 Å². The van der Waals surface area contributed by atoms with Crippen molar-refractivity contribution in [2.45, 2.75) is 27.0 Å². The second-order valence-electron chi connectivity index (χ2n) is 6.99. The summed E-state index contributed by atoms with van der Waals surface area (Å²) in [5.41, 5.74) is 5.45. The van der Waals surface area contributed by atoms with Gasteiger partial charge in [-0.1, -0.05) is 17.7 Å². The van der Waals surface area contributed by atoms with Crippen molar-refractivity contribution in [3.05, 3.63) is 91.4 Å². The molecule has 30 heavy (non-hydrogen) atoms. The maximum atomic E-state index is 10.8. The molecular formula is C23H23BrN2O4. The number of nitro benzene ring substituents is 1. The summed E-state index contributed by atoms with van der Waals surface area (Å²) < 4.78 is 12.2. The highest BCUT2D eigenvalue weighted by Crippen LogP contribution is 2.37. The zero-order valence-electron chi connectivity index (χ0n) is 17.1. The lowest BCUT2D eigenvalue weighted by Crippen LogP contribution is -2.04. The van der Waals surface area contributed by atoms with Gasteiger partial charge in [-0.15, -0.1) is 0 Å². The smallest absolute Gasteiger partial charge is 0.269 e. The molecule has 7 heteroatoms. The van der Waals surface area contributed by atoms with Crippen LogP contribution in [0.4, 0.5) is 11.4 Å². The van der Waals surface area contributed by atoms with Crippen LogP contribution < -0.4 is 14.8 Å². The van der Waals surface area contributed by atoms with Crippen molar-refractivity contribution < 1.29 is 14.4 Å². The lowest BCUT2D eigenvalue weighted by molar-refractivity contribution is -0.384. The average molecular weight is 471 g/mol. The first-order valence-corrected chi connectivity index (χ1v) is 10.2. The van der Waals surface area contributed by atoms with Crippen LogP contribution in [0.5, 0.6) is 11.5 Å². The zero-order valence-corrected chi connectivity index (χ0v) is 18.7. The van der Waals surface area contributed by atoms with Crippen molar-refractivity contribution in [2.24, 2.45) is 0 Å². The minimum Gasteiger partial charge on any atom is -0.493 e. The number of nitrogens with one attached hydrogen (secondary N) is 1. The molecular weight excluding hydrogens is 448 g/mol. The largest absolute Gasteiger partial charge is 0.493 e. The summed E-state index contributed by atoms with van der Waals surface area (Å²) in [7, 11) is 1.60. The number of methoxy groups -OCH3 is 1. The van der Waals surface area contributed by atoms with Gasteiger partial charge in [-0.25, -0.2) is 0 Å². The molecule has 0 saturated carbocycles. The first-order chi connectivity index (χ1) is 14.4. The van der Waals surface area contributed by atoms with E-state index in [0.717, 1.165) is 21.3 Å². The fourth-order valence-corrected chi connectivity index (χ4v) is 3.70. The lowest BCUT2D eigenvalue weighted by atomic mass is 10.1. The Morgan fingerprint density at radius 3 is 2.40 bits per heavy atom. The number of rotatable bonds is 8. The number of ether oxygens (including phenoxy) is 2. The Morgan fingerprint density at radius 1 is 1.03 bits per heavy atom. The molecule has 0 atom stereocenters. The number of non-ortho nitro benzene ring substituents is 1. The first kappa shape index (κ1) is 21.6. The van der Waals surface area contributed by atoms with E-state index in [0.29, 0.717) is 18.0 Å². The average Bonchev–Trinajstić information content (AvgIpc) is 2.72. The number of nitrogens with zero attached hydrogens (tertiary/aromatic N) is 1. The maximum Gasteiger partial charge on any atom is 0.269 e. The summed E-state index contributed by atoms with van der Waals surface area (Å²) in [6, 6.07) is 16.5. The molecule has 0 bridgehead atoms. The third-order valence-corrected chi connectivity index (χ3v) is 5.27. The van der Waals surface area contributed by atoms with E-state index < -0.39 is 4.92 Å². The second kappa shape index (κ2) is 9.63. The van der Waals surface area contributed by atoms with Crippen molar-refractivity contribution in [1.29, 1.82) is 0 Å². The van der Waals surface area contributed by atoms with Gasteiger partial charge in [-0.2, -0.15) is 0 Å². The molecule has 0 heterocycles. The number of hydrogen-bond acceptors (Lipinski definition) is 5. The van der Waals surface area contributed by atoms with Gasteiger partial charge in [0, 0.05) is 24.4 Å². The Hall–Kier alpha value is -3.06. The van der Waals surface area contributed by atoms with Crippen LogP contribution >= 0.6 is 15.9 Å². The molecule has 3 aromatic carbocycles. The van der Waals surface area contributed by atoms with Gasteiger partial charge in [0.2, 0.25) is 0 Å². The molecule has 1 N–H and O–H groups in total. The van der Waals surface area contributed by atoms with Crippen LogP contribution in [0, 0.1) is 24.0 Å². The molecule has 0 fully saturated rings. The molecule has 156 valence electrons. The number of anilines is 1. The molecule has 0 amide bonds. The minimum atomic E-state index is -0.422. The normalized spacial score (nSPS) is 10.5. The third-order valence-electron chi connectivity index (χ3n) is 4.68. The summed E-state index contributed by atoms with van der Waals surface area (Å²) in [6.07, 6.45) is 0. The first-order valence-electron chi connectivity index (χ1n) is 9.41. The van der Waals surface area contributed by atoms with E-state index in [1.165, 1.54) is 23.3 Å². The van der Waals surface area contributed by atoms with E-state index in [4.69, 9.17) is 9.47 Å². The van der Waals surface area contributed by atoms with E-state index in [9.17, 15) is 10.1 Å². The molecule has 0 unspecified atom stereocenters. The van der Waals surface area contributed by atoms with Gasteiger partial charge < -0.3 is 14.8 Å². The fourth-order valence-electron chi connectivity index (χ4n) is 3.09. The summed E-state index contributed by atoms with van der Waals surface area (Å²) >= 11 is 3.57. The molecule has 3 aromatic rings. The minimum absolute atomic E-state index is 0.0539. The summed E-state index contributed by atoms with van der Waals surface area (Å²) in [4.78, 5) is 10.4. The van der Waals surface area contributed by atoms with Gasteiger partial charge in [-0.05, 0) is 76.8 Å². The fraction of sp³-hybridized carbons (Fsp3) is 0.217. The molecule has 0 aliphatic rings. The number of halogens is 1. The molecule has 3 rings (SSSR count). The van der Waals surface area contributed by atoms with Crippen LogP contribution in [-0.2, 0) is 13.2 Å². The van der Waals surface area contributed by atoms with E-state index >= 15 is 0 Å². The molecule has 0 aliphatic carbocycles. The van der Waals surface area contributed by atoms with Crippen LogP contribution in [0.3, 0.4) is 0 Å². The van der Waals surface area contributed by atoms with E-state index in [1.54, 1.807) is 19.2 Å². The molecule has 6 nitrogen and oxygen atoms in total. The Bertz CT molecular complexity index is 1050. The number of hydrogen-bond donors (Lipinski definition) is 1. The molecule has 0 radical (unpaired) electrons. The number of aryl methyl sites for hydroxylation is 2. The summed E-state index contributed by atoms with van der Waals surface area (Å²) in [5.74, 6) is 1.20. The van der Waals surface area contributed by atoms with Crippen molar-refractivity contribution in [1.82, 2.24) is 0 Å². The predicted molar refractivity (Wildman–Crippen MR) is 121 cm³/mol. The summed E-state index contributed by atoms with van der Waals surface area (Å²) in [6.45, 7) is 5.07. The van der Waals surface area contributed by atoms with Gasteiger partial charge in [0.05, 0.1) is 16.5 Å². The van der Waals surface area contributed by atoms with Crippen molar-refractivity contribution >= 4 is 27.3 Å². The van der Waals surface area contributed by atoms with Crippen molar-refractivity contribution in [2.75, 3.05) is 12.4 Å². The van der Waals surface area contributed by atoms with E-state index in [-0.39, 0.29) is 12.3 Å². The molecule has 0 saturated heterocycles. The van der Waals surface area contributed by atoms with Crippen LogP contribution in [0.1, 0.15) is 22.3 Å². The lowest BCUT2D eigenvalue weighted by Gasteiger charge is -2.16. The van der Waals surface area contributed by atoms with Crippen LogP contribution in [0.25, 0.3) is 0 Å². The summed E-state index contributed by atoms with van der Waals surface area (Å²) in [5, 5.41) is 14.2. The molecule has 0 spiro atoms. The standard InChI is InChI=1S/C23H23BrN2O4/c1-15-4-9-21(16(2)10-15)25-13-18-11-20(24)23(22(12-18)29-3)30-14-17-5-7-19(8-6-17)26(27)28/h4-12,25H,13-14H2,1-3H3. The highest BCUT2D eigenvalue weighted by atomic mass is 79.9. The van der Waals surface area contributed by atoms with Crippen LogP contribution in [-0.4, -0.2) is 12.0 Å². The number of benzene rings is 3. The van der Waals surface area contributed by atoms with Gasteiger partial charge in [0.25, 0.3) is 5.69 Å².